The van der Waals surface area contributed by atoms with Crippen LogP contribution in [0.5, 0.6) is 5.75 Å². The average Bonchev–Trinajstić information content (AvgIpc) is 3.79. The summed E-state index contributed by atoms with van der Waals surface area (Å²) in [4.78, 5) is 38.1. The van der Waals surface area contributed by atoms with E-state index in [1.807, 2.05) is 81.9 Å². The molecule has 8 rings (SSSR count). The molecule has 1 amide bonds. The van der Waals surface area contributed by atoms with Crippen LogP contribution in [0.25, 0.3) is 32.9 Å². The molecule has 4 aromatic heterocycles. The number of carboxylic acids is 1. The van der Waals surface area contributed by atoms with Gasteiger partial charge in [-0.05, 0) is 101 Å². The summed E-state index contributed by atoms with van der Waals surface area (Å²) in [5.74, 6) is -0.502. The van der Waals surface area contributed by atoms with Crippen molar-refractivity contribution >= 4 is 62.6 Å². The van der Waals surface area contributed by atoms with E-state index in [1.165, 1.54) is 6.33 Å². The summed E-state index contributed by atoms with van der Waals surface area (Å²) in [7, 11) is 1.92. The number of para-hydroxylation sites is 1. The van der Waals surface area contributed by atoms with E-state index in [9.17, 15) is 9.90 Å². The van der Waals surface area contributed by atoms with Crippen molar-refractivity contribution in [1.82, 2.24) is 28.9 Å². The highest BCUT2D eigenvalue weighted by atomic mass is 35.5. The molecule has 0 bridgehead atoms. The summed E-state index contributed by atoms with van der Waals surface area (Å²) in [5.41, 5.74) is 9.90. The van der Waals surface area contributed by atoms with Gasteiger partial charge in [0, 0.05) is 58.4 Å². The van der Waals surface area contributed by atoms with Crippen LogP contribution in [0.3, 0.4) is 0 Å². The number of aromatic carboxylic acids is 1. The highest BCUT2D eigenvalue weighted by Gasteiger charge is 2.38. The Morgan fingerprint density at radius 1 is 1.00 bits per heavy atom. The van der Waals surface area contributed by atoms with E-state index in [2.05, 4.69) is 21.5 Å². The first kappa shape index (κ1) is 37.3. The summed E-state index contributed by atoms with van der Waals surface area (Å²) in [6, 6.07) is 16.7. The number of rotatable bonds is 10. The average molecular weight is 791 g/mol. The Bertz CT molecular complexity index is 2690. The van der Waals surface area contributed by atoms with Crippen LogP contribution < -0.4 is 9.64 Å². The second kappa shape index (κ2) is 14.5. The minimum atomic E-state index is -1.07. The number of anilines is 1. The predicted octanol–water partition coefficient (Wildman–Crippen LogP) is 9.31. The molecule has 13 heteroatoms. The molecule has 0 fully saturated rings. The van der Waals surface area contributed by atoms with E-state index in [-0.39, 0.29) is 24.2 Å². The maximum atomic E-state index is 15.3. The zero-order chi connectivity index (χ0) is 39.6. The smallest absolute Gasteiger partial charge is 0.352 e. The van der Waals surface area contributed by atoms with Crippen molar-refractivity contribution in [3.8, 4) is 16.9 Å². The van der Waals surface area contributed by atoms with E-state index in [0.29, 0.717) is 59.0 Å². The van der Waals surface area contributed by atoms with Gasteiger partial charge >= 0.3 is 5.97 Å². The Hall–Kier alpha value is -5.65. The lowest BCUT2D eigenvalue weighted by Gasteiger charge is -2.35. The summed E-state index contributed by atoms with van der Waals surface area (Å²) in [6.07, 6.45) is 4.26. The van der Waals surface area contributed by atoms with Crippen LogP contribution in [0, 0.1) is 27.7 Å². The van der Waals surface area contributed by atoms with Gasteiger partial charge in [-0.2, -0.15) is 5.10 Å². The van der Waals surface area contributed by atoms with Gasteiger partial charge in [-0.1, -0.05) is 41.4 Å². The van der Waals surface area contributed by atoms with E-state index < -0.39 is 5.97 Å². The number of carboxylic acid groups (broad SMARTS) is 1. The molecule has 1 N–H and O–H groups in total. The van der Waals surface area contributed by atoms with E-state index in [0.717, 1.165) is 60.9 Å². The number of ether oxygens (including phenoxy) is 1. The number of carbonyl (C=O) groups excluding carboxylic acids is 1. The van der Waals surface area contributed by atoms with Crippen LogP contribution in [0.4, 0.5) is 5.69 Å². The van der Waals surface area contributed by atoms with Gasteiger partial charge in [0.25, 0.3) is 5.91 Å². The van der Waals surface area contributed by atoms with Crippen molar-refractivity contribution in [3.05, 3.63) is 122 Å². The normalized spacial score (nSPS) is 14.2. The number of halogens is 2. The van der Waals surface area contributed by atoms with Crippen molar-refractivity contribution in [1.29, 1.82) is 0 Å². The van der Waals surface area contributed by atoms with Crippen LogP contribution in [0.15, 0.2) is 67.1 Å². The lowest BCUT2D eigenvalue weighted by Crippen LogP contribution is -2.43. The monoisotopic (exact) mass is 789 g/mol. The number of amides is 1. The maximum absolute atomic E-state index is 15.3. The Labute approximate surface area is 334 Å². The molecule has 0 aliphatic carbocycles. The van der Waals surface area contributed by atoms with E-state index in [1.54, 1.807) is 27.8 Å². The molecule has 0 saturated heterocycles. The third-order valence-electron chi connectivity index (χ3n) is 10.9. The Morgan fingerprint density at radius 3 is 2.45 bits per heavy atom. The van der Waals surface area contributed by atoms with Crippen molar-refractivity contribution in [2.75, 3.05) is 18.1 Å². The van der Waals surface area contributed by atoms with Crippen molar-refractivity contribution in [2.24, 2.45) is 7.05 Å². The molecule has 1 aliphatic heterocycles. The quantitative estimate of drug-likeness (QED) is 0.137. The predicted molar refractivity (Wildman–Crippen MR) is 220 cm³/mol. The molecule has 286 valence electrons. The fourth-order valence-corrected chi connectivity index (χ4v) is 8.73. The molecule has 0 saturated carbocycles. The molecule has 7 aromatic rings. The number of carbonyl (C=O) groups is 2. The molecule has 3 aromatic carbocycles. The molecule has 11 nitrogen and oxygen atoms in total. The molecule has 1 unspecified atom stereocenters. The minimum Gasteiger partial charge on any atom is -0.494 e. The number of hydrogen-bond acceptors (Lipinski definition) is 6. The highest BCUT2D eigenvalue weighted by molar-refractivity contribution is 6.35. The topological polar surface area (TPSA) is 120 Å². The van der Waals surface area contributed by atoms with Gasteiger partial charge in [0.2, 0.25) is 0 Å². The van der Waals surface area contributed by atoms with Gasteiger partial charge in [0.1, 0.15) is 23.5 Å². The number of aromatic nitrogens is 6. The van der Waals surface area contributed by atoms with E-state index >= 15 is 4.79 Å². The van der Waals surface area contributed by atoms with Crippen molar-refractivity contribution in [2.45, 2.75) is 60.0 Å². The molecule has 0 spiro atoms. The fraction of sp³-hybridized carbons (Fsp3) is 0.279. The molecule has 0 radical (unpaired) electrons. The van der Waals surface area contributed by atoms with Gasteiger partial charge in [-0.3, -0.25) is 9.48 Å². The zero-order valence-corrected chi connectivity index (χ0v) is 33.5. The van der Waals surface area contributed by atoms with Crippen LogP contribution in [-0.4, -0.2) is 59.0 Å². The zero-order valence-electron chi connectivity index (χ0n) is 32.0. The van der Waals surface area contributed by atoms with Crippen molar-refractivity contribution < 1.29 is 19.4 Å². The SMILES string of the molecule is Cc1cc(OCCCc2c3n(c4c(-c5c(C)nn(C)c5C)c(Cl)ccc24)C(C)CN(c2cccc4cc(C(=O)O)n(Cc5ccncn5)c24)C3=O)cc(C)c1Cl. The lowest BCUT2D eigenvalue weighted by atomic mass is 9.98. The standard InChI is InChI=1S/C43H41Cl2N7O4/c1-23-17-30(18-24(2)38(23)45)56-16-8-10-31-32-12-13-33(44)37(36-26(4)48-49(6)27(36)5)40(32)52-25(3)20-51(42(53)41(31)52)34-11-7-9-28-19-35(43(54)55)50(39(28)34)21-29-14-15-46-22-47-29/h7,9,11-15,17-19,22,25H,8,10,16,20-21H2,1-6H3,(H,54,55). The second-order valence-corrected chi connectivity index (χ2v) is 15.4. The number of benzene rings is 3. The molecular weight excluding hydrogens is 749 g/mol. The Morgan fingerprint density at radius 2 is 1.77 bits per heavy atom. The molecule has 5 heterocycles. The maximum Gasteiger partial charge on any atom is 0.352 e. The van der Waals surface area contributed by atoms with Gasteiger partial charge in [0.05, 0.1) is 46.3 Å². The van der Waals surface area contributed by atoms with Gasteiger partial charge in [-0.15, -0.1) is 0 Å². The van der Waals surface area contributed by atoms with Crippen molar-refractivity contribution in [3.63, 3.8) is 0 Å². The third-order valence-corrected chi connectivity index (χ3v) is 11.8. The van der Waals surface area contributed by atoms with Crippen LogP contribution in [-0.2, 0) is 20.0 Å². The summed E-state index contributed by atoms with van der Waals surface area (Å²) >= 11 is 13.5. The summed E-state index contributed by atoms with van der Waals surface area (Å²) in [6.45, 7) is 11.0. The number of nitrogens with zero attached hydrogens (tertiary/aromatic N) is 7. The molecular formula is C43H41Cl2N7O4. The first-order chi connectivity index (χ1) is 26.8. The fourth-order valence-electron chi connectivity index (χ4n) is 8.37. The van der Waals surface area contributed by atoms with Gasteiger partial charge < -0.3 is 23.9 Å². The van der Waals surface area contributed by atoms with E-state index in [4.69, 9.17) is 33.0 Å². The van der Waals surface area contributed by atoms with Crippen LogP contribution in [0.2, 0.25) is 10.0 Å². The van der Waals surface area contributed by atoms with Crippen LogP contribution in [0.1, 0.15) is 74.1 Å². The Kier molecular flexibility index (Phi) is 9.62. The van der Waals surface area contributed by atoms with Crippen LogP contribution >= 0.6 is 23.2 Å². The second-order valence-electron chi connectivity index (χ2n) is 14.6. The first-order valence-electron chi connectivity index (χ1n) is 18.5. The molecule has 1 atom stereocenters. The number of fused-ring (bicyclic) bond motifs is 4. The largest absolute Gasteiger partial charge is 0.494 e. The Balaban J connectivity index is 1.28. The third kappa shape index (κ3) is 6.19. The minimum absolute atomic E-state index is 0.103. The van der Waals surface area contributed by atoms with Gasteiger partial charge in [0.15, 0.2) is 0 Å². The number of hydrogen-bond donors (Lipinski definition) is 1. The first-order valence-corrected chi connectivity index (χ1v) is 19.3. The summed E-state index contributed by atoms with van der Waals surface area (Å²) < 4.78 is 12.0. The van der Waals surface area contributed by atoms with Gasteiger partial charge in [-0.25, -0.2) is 14.8 Å². The summed E-state index contributed by atoms with van der Waals surface area (Å²) in [5, 5.41) is 18.0. The molecule has 56 heavy (non-hydrogen) atoms. The number of aryl methyl sites for hydroxylation is 5. The highest BCUT2D eigenvalue weighted by Crippen LogP contribution is 2.46. The molecule has 1 aliphatic rings. The lowest BCUT2D eigenvalue weighted by molar-refractivity contribution is 0.0686.